The summed E-state index contributed by atoms with van der Waals surface area (Å²) in [5.41, 5.74) is -1.74. The highest BCUT2D eigenvalue weighted by atomic mass is 19.1. The maximum Gasteiger partial charge on any atom is 0.341 e. The van der Waals surface area contributed by atoms with Gasteiger partial charge in [0.2, 0.25) is 5.43 Å². The summed E-state index contributed by atoms with van der Waals surface area (Å²) < 4.78 is 48.7. The number of hydrogen-bond donors (Lipinski definition) is 2. The van der Waals surface area contributed by atoms with Gasteiger partial charge in [-0.05, 0) is 17.0 Å². The van der Waals surface area contributed by atoms with E-state index >= 15 is 0 Å². The molecule has 0 bridgehead atoms. The SMILES string of the molecule is COc1cc2c(cc1Cc1c(F)cc(F)cc1F)c(=O)c(C(=O)O)cn2[C@H](CO)C(C)(C)C. The largest absolute Gasteiger partial charge is 0.496 e. The average molecular weight is 463 g/mol. The molecular formula is C24H24F3NO5. The number of hydrogen-bond acceptors (Lipinski definition) is 4. The van der Waals surface area contributed by atoms with Crippen LogP contribution in [0.4, 0.5) is 13.2 Å². The molecule has 0 saturated carbocycles. The third kappa shape index (κ3) is 4.59. The number of nitrogens with zero attached hydrogens (tertiary/aromatic N) is 1. The highest BCUT2D eigenvalue weighted by Crippen LogP contribution is 2.35. The molecule has 1 aromatic heterocycles. The number of ether oxygens (including phenoxy) is 1. The van der Waals surface area contributed by atoms with Crippen LogP contribution in [0.25, 0.3) is 10.9 Å². The Labute approximate surface area is 187 Å². The lowest BCUT2D eigenvalue weighted by Crippen LogP contribution is -2.30. The van der Waals surface area contributed by atoms with Gasteiger partial charge < -0.3 is 19.5 Å². The van der Waals surface area contributed by atoms with E-state index < -0.39 is 51.4 Å². The van der Waals surface area contributed by atoms with E-state index in [4.69, 9.17) is 4.74 Å². The second-order valence-electron chi connectivity index (χ2n) is 8.85. The van der Waals surface area contributed by atoms with Crippen molar-refractivity contribution in [2.24, 2.45) is 5.41 Å². The smallest absolute Gasteiger partial charge is 0.341 e. The molecule has 0 saturated heterocycles. The van der Waals surface area contributed by atoms with E-state index in [2.05, 4.69) is 0 Å². The van der Waals surface area contributed by atoms with E-state index in [0.29, 0.717) is 17.6 Å². The molecule has 0 unspecified atom stereocenters. The Hall–Kier alpha value is -3.33. The van der Waals surface area contributed by atoms with Crippen LogP contribution in [0.2, 0.25) is 0 Å². The lowest BCUT2D eigenvalue weighted by atomic mass is 9.86. The number of aliphatic hydroxyl groups excluding tert-OH is 1. The van der Waals surface area contributed by atoms with Gasteiger partial charge in [0, 0.05) is 41.8 Å². The minimum atomic E-state index is -1.45. The average Bonchev–Trinajstić information content (AvgIpc) is 2.71. The molecule has 0 aliphatic heterocycles. The first-order valence-electron chi connectivity index (χ1n) is 10.1. The van der Waals surface area contributed by atoms with Crippen molar-refractivity contribution in [3.8, 4) is 5.75 Å². The molecule has 0 aliphatic rings. The lowest BCUT2D eigenvalue weighted by molar-refractivity contribution is 0.0692. The Kier molecular flexibility index (Phi) is 6.56. The molecule has 0 radical (unpaired) electrons. The minimum absolute atomic E-state index is 0.0173. The van der Waals surface area contributed by atoms with Crippen LogP contribution in [0.3, 0.4) is 0 Å². The molecule has 0 spiro atoms. The minimum Gasteiger partial charge on any atom is -0.496 e. The normalized spacial score (nSPS) is 12.7. The molecule has 3 rings (SSSR count). The Morgan fingerprint density at radius 1 is 1.12 bits per heavy atom. The highest BCUT2D eigenvalue weighted by Gasteiger charge is 2.29. The highest BCUT2D eigenvalue weighted by molar-refractivity contribution is 5.93. The molecule has 176 valence electrons. The summed E-state index contributed by atoms with van der Waals surface area (Å²) in [5.74, 6) is -4.52. The van der Waals surface area contributed by atoms with Crippen LogP contribution < -0.4 is 10.2 Å². The summed E-state index contributed by atoms with van der Waals surface area (Å²) in [6.07, 6.45) is 0.814. The third-order valence-electron chi connectivity index (χ3n) is 5.65. The van der Waals surface area contributed by atoms with Gasteiger partial charge in [0.05, 0.1) is 25.3 Å². The van der Waals surface area contributed by atoms with Gasteiger partial charge in [-0.15, -0.1) is 0 Å². The predicted octanol–water partition coefficient (Wildman–Crippen LogP) is 4.30. The van der Waals surface area contributed by atoms with Crippen LogP contribution in [0.5, 0.6) is 5.75 Å². The Balaban J connectivity index is 2.35. The van der Waals surface area contributed by atoms with Crippen LogP contribution in [0, 0.1) is 22.9 Å². The van der Waals surface area contributed by atoms with Crippen LogP contribution >= 0.6 is 0 Å². The maximum absolute atomic E-state index is 14.3. The van der Waals surface area contributed by atoms with E-state index in [-0.39, 0.29) is 29.7 Å². The third-order valence-corrected chi connectivity index (χ3v) is 5.65. The van der Waals surface area contributed by atoms with Crippen molar-refractivity contribution in [1.82, 2.24) is 4.57 Å². The van der Waals surface area contributed by atoms with Crippen molar-refractivity contribution >= 4 is 16.9 Å². The van der Waals surface area contributed by atoms with E-state index in [9.17, 15) is 33.0 Å². The first-order valence-corrected chi connectivity index (χ1v) is 10.1. The number of rotatable bonds is 6. The zero-order valence-corrected chi connectivity index (χ0v) is 18.6. The van der Waals surface area contributed by atoms with Crippen LogP contribution in [0.15, 0.2) is 35.3 Å². The molecule has 2 N–H and O–H groups in total. The van der Waals surface area contributed by atoms with Crippen LogP contribution in [-0.4, -0.2) is 34.5 Å². The fraction of sp³-hybridized carbons (Fsp3) is 0.333. The summed E-state index contributed by atoms with van der Waals surface area (Å²) in [5, 5.41) is 19.6. The van der Waals surface area contributed by atoms with Gasteiger partial charge in [-0.1, -0.05) is 20.8 Å². The molecule has 33 heavy (non-hydrogen) atoms. The molecule has 1 atom stereocenters. The summed E-state index contributed by atoms with van der Waals surface area (Å²) in [4.78, 5) is 24.7. The van der Waals surface area contributed by atoms with Gasteiger partial charge in [0.25, 0.3) is 0 Å². The van der Waals surface area contributed by atoms with Crippen molar-refractivity contribution in [2.45, 2.75) is 33.2 Å². The summed E-state index contributed by atoms with van der Waals surface area (Å²) in [6, 6.07) is 3.29. The number of halogens is 3. The van der Waals surface area contributed by atoms with Crippen molar-refractivity contribution in [1.29, 1.82) is 0 Å². The van der Waals surface area contributed by atoms with Crippen LogP contribution in [0.1, 0.15) is 48.3 Å². The van der Waals surface area contributed by atoms with E-state index in [1.165, 1.54) is 30.0 Å². The van der Waals surface area contributed by atoms with Gasteiger partial charge in [-0.2, -0.15) is 0 Å². The maximum atomic E-state index is 14.3. The number of fused-ring (bicyclic) bond motifs is 1. The fourth-order valence-electron chi connectivity index (χ4n) is 3.87. The molecule has 3 aromatic rings. The Morgan fingerprint density at radius 2 is 1.73 bits per heavy atom. The number of benzene rings is 2. The van der Waals surface area contributed by atoms with Gasteiger partial charge in [0.1, 0.15) is 28.8 Å². The lowest BCUT2D eigenvalue weighted by Gasteiger charge is -2.33. The monoisotopic (exact) mass is 463 g/mol. The number of aliphatic hydroxyl groups is 1. The summed E-state index contributed by atoms with van der Waals surface area (Å²) >= 11 is 0. The molecule has 9 heteroatoms. The van der Waals surface area contributed by atoms with Gasteiger partial charge in [0.15, 0.2) is 0 Å². The standard InChI is InChI=1S/C24H24F3NO5/c1-24(2,3)21(11-29)28-10-16(23(31)32)22(30)15-6-12(20(33-4)9-19(15)28)5-14-17(26)7-13(25)8-18(14)27/h6-10,21,29H,5,11H2,1-4H3,(H,31,32)/t21-/m1/s1. The van der Waals surface area contributed by atoms with Crippen molar-refractivity contribution < 1.29 is 32.9 Å². The van der Waals surface area contributed by atoms with E-state index in [1.807, 2.05) is 20.8 Å². The molecule has 1 heterocycles. The van der Waals surface area contributed by atoms with Crippen molar-refractivity contribution in [3.05, 3.63) is 74.8 Å². The zero-order chi connectivity index (χ0) is 24.7. The molecule has 0 amide bonds. The molecule has 2 aromatic carbocycles. The number of aromatic carboxylic acids is 1. The Bertz CT molecular complexity index is 1270. The molecule has 0 aliphatic carbocycles. The van der Waals surface area contributed by atoms with Gasteiger partial charge in [-0.3, -0.25) is 4.79 Å². The van der Waals surface area contributed by atoms with E-state index in [1.54, 1.807) is 0 Å². The number of pyridine rings is 1. The Morgan fingerprint density at radius 3 is 2.21 bits per heavy atom. The van der Waals surface area contributed by atoms with Gasteiger partial charge in [-0.25, -0.2) is 18.0 Å². The quantitative estimate of drug-likeness (QED) is 0.569. The molecule has 0 fully saturated rings. The predicted molar refractivity (Wildman–Crippen MR) is 116 cm³/mol. The van der Waals surface area contributed by atoms with Crippen molar-refractivity contribution in [3.63, 3.8) is 0 Å². The second kappa shape index (κ2) is 8.90. The van der Waals surface area contributed by atoms with Gasteiger partial charge >= 0.3 is 5.97 Å². The summed E-state index contributed by atoms with van der Waals surface area (Å²) in [7, 11) is 1.34. The number of carboxylic acid groups (broad SMARTS) is 1. The fourth-order valence-corrected chi connectivity index (χ4v) is 3.87. The van der Waals surface area contributed by atoms with Crippen molar-refractivity contribution in [2.75, 3.05) is 13.7 Å². The topological polar surface area (TPSA) is 88.8 Å². The first-order chi connectivity index (χ1) is 15.4. The summed E-state index contributed by atoms with van der Waals surface area (Å²) in [6.45, 7) is 5.22. The molecular weight excluding hydrogens is 439 g/mol. The van der Waals surface area contributed by atoms with Crippen LogP contribution in [-0.2, 0) is 6.42 Å². The second-order valence-corrected chi connectivity index (χ2v) is 8.85. The number of methoxy groups -OCH3 is 1. The zero-order valence-electron chi connectivity index (χ0n) is 18.6. The first kappa shape index (κ1) is 24.3. The number of carbonyl (C=O) groups is 1. The molecule has 6 nitrogen and oxygen atoms in total. The van der Waals surface area contributed by atoms with E-state index in [0.717, 1.165) is 0 Å². The number of aromatic nitrogens is 1. The number of carboxylic acids is 1.